The number of H-pyrrole nitrogens is 1. The van der Waals surface area contributed by atoms with E-state index in [-0.39, 0.29) is 0 Å². The van der Waals surface area contributed by atoms with Crippen molar-refractivity contribution in [2.24, 2.45) is 0 Å². The van der Waals surface area contributed by atoms with E-state index in [1.54, 1.807) is 42.5 Å². The molecule has 0 fully saturated rings. The summed E-state index contributed by atoms with van der Waals surface area (Å²) in [4.78, 5) is 40.2. The molecule has 0 radical (unpaired) electrons. The van der Waals surface area contributed by atoms with Gasteiger partial charge < -0.3 is 19.8 Å². The molecule has 27 heavy (non-hydrogen) atoms. The number of nitrogens with one attached hydrogen (secondary N) is 2. The fourth-order valence-corrected chi connectivity index (χ4v) is 2.81. The number of para-hydroxylation sites is 1. The molecule has 0 saturated heterocycles. The lowest BCUT2D eigenvalue weighted by atomic mass is 10.2. The minimum Gasteiger partial charge on any atom is -0.493 e. The number of nitrogens with zero attached hydrogens (tertiary/aromatic N) is 1. The van der Waals surface area contributed by atoms with Gasteiger partial charge in [0.1, 0.15) is 6.04 Å². The van der Waals surface area contributed by atoms with Crippen LogP contribution in [0.2, 0.25) is 0 Å². The molecular weight excluding hydrogens is 350 g/mol. The molecule has 0 spiro atoms. The zero-order valence-corrected chi connectivity index (χ0v) is 15.1. The van der Waals surface area contributed by atoms with Gasteiger partial charge in [0.25, 0.3) is 5.56 Å². The second-order valence-corrected chi connectivity index (χ2v) is 5.89. The van der Waals surface area contributed by atoms with Gasteiger partial charge in [-0.1, -0.05) is 12.1 Å². The monoisotopic (exact) mass is 369 g/mol. The Morgan fingerprint density at radius 2 is 1.78 bits per heavy atom. The molecule has 8 heteroatoms. The number of carbonyl (C=O) groups is 1. The van der Waals surface area contributed by atoms with Gasteiger partial charge in [-0.3, -0.25) is 9.59 Å². The average molecular weight is 369 g/mol. The maximum absolute atomic E-state index is 12.7. The van der Waals surface area contributed by atoms with Crippen LogP contribution in [0.3, 0.4) is 0 Å². The highest BCUT2D eigenvalue weighted by atomic mass is 16.5. The van der Waals surface area contributed by atoms with Gasteiger partial charge in [-0.05, 0) is 31.2 Å². The number of anilines is 1. The molecule has 2 N–H and O–H groups in total. The summed E-state index contributed by atoms with van der Waals surface area (Å²) < 4.78 is 11.3. The van der Waals surface area contributed by atoms with Crippen molar-refractivity contribution in [3.8, 4) is 11.5 Å². The summed E-state index contributed by atoms with van der Waals surface area (Å²) in [7, 11) is 3.00. The van der Waals surface area contributed by atoms with Gasteiger partial charge in [0.05, 0.1) is 25.1 Å². The molecule has 1 atom stereocenters. The second kappa shape index (κ2) is 7.36. The largest absolute Gasteiger partial charge is 0.493 e. The van der Waals surface area contributed by atoms with Crippen LogP contribution in [0.1, 0.15) is 13.0 Å². The number of methoxy groups -OCH3 is 2. The highest BCUT2D eigenvalue weighted by molar-refractivity contribution is 5.94. The number of hydrogen-bond acceptors (Lipinski definition) is 5. The molecule has 140 valence electrons. The minimum absolute atomic E-state index is 0.336. The second-order valence-electron chi connectivity index (χ2n) is 5.89. The van der Waals surface area contributed by atoms with Crippen molar-refractivity contribution in [1.29, 1.82) is 0 Å². The smallest absolute Gasteiger partial charge is 0.329 e. The van der Waals surface area contributed by atoms with Crippen LogP contribution < -0.4 is 26.0 Å². The fraction of sp³-hybridized carbons (Fsp3) is 0.211. The molecule has 0 bridgehead atoms. The van der Waals surface area contributed by atoms with Gasteiger partial charge in [0.15, 0.2) is 11.5 Å². The van der Waals surface area contributed by atoms with Gasteiger partial charge in [0.2, 0.25) is 5.91 Å². The predicted molar refractivity (Wildman–Crippen MR) is 102 cm³/mol. The van der Waals surface area contributed by atoms with Crippen molar-refractivity contribution in [3.63, 3.8) is 0 Å². The lowest BCUT2D eigenvalue weighted by molar-refractivity contribution is -0.119. The molecule has 0 aliphatic carbocycles. The first kappa shape index (κ1) is 18.2. The average Bonchev–Trinajstić information content (AvgIpc) is 2.67. The number of amides is 1. The van der Waals surface area contributed by atoms with Crippen molar-refractivity contribution in [2.75, 3.05) is 19.5 Å². The lowest BCUT2D eigenvalue weighted by Gasteiger charge is -2.16. The number of fused-ring (bicyclic) bond motifs is 1. The molecule has 3 aromatic rings. The normalized spacial score (nSPS) is 11.8. The Bertz CT molecular complexity index is 1120. The van der Waals surface area contributed by atoms with E-state index in [0.717, 1.165) is 4.57 Å². The fourth-order valence-electron chi connectivity index (χ4n) is 2.81. The maximum Gasteiger partial charge on any atom is 0.329 e. The van der Waals surface area contributed by atoms with Crippen molar-refractivity contribution < 1.29 is 14.3 Å². The van der Waals surface area contributed by atoms with E-state index in [9.17, 15) is 14.4 Å². The molecule has 8 nitrogen and oxygen atoms in total. The summed E-state index contributed by atoms with van der Waals surface area (Å²) in [6.45, 7) is 1.49. The molecule has 1 amide bonds. The molecule has 0 aliphatic rings. The molecule has 2 aromatic carbocycles. The molecule has 3 rings (SSSR count). The Morgan fingerprint density at radius 1 is 1.07 bits per heavy atom. The number of aromatic amines is 1. The third-order valence-corrected chi connectivity index (χ3v) is 4.25. The van der Waals surface area contributed by atoms with E-state index in [2.05, 4.69) is 10.3 Å². The molecular formula is C19H19N3O5. The molecule has 0 saturated carbocycles. The summed E-state index contributed by atoms with van der Waals surface area (Å²) in [5.41, 5.74) is -0.288. The van der Waals surface area contributed by atoms with Gasteiger partial charge in [-0.2, -0.15) is 0 Å². The van der Waals surface area contributed by atoms with Crippen LogP contribution in [-0.4, -0.2) is 29.7 Å². The third-order valence-electron chi connectivity index (χ3n) is 4.25. The Balaban J connectivity index is 1.94. The topological polar surface area (TPSA) is 102 Å². The van der Waals surface area contributed by atoms with E-state index in [1.807, 2.05) is 0 Å². The van der Waals surface area contributed by atoms with Crippen LogP contribution in [0.25, 0.3) is 10.9 Å². The van der Waals surface area contributed by atoms with Crippen LogP contribution in [0.4, 0.5) is 5.69 Å². The number of carbonyl (C=O) groups excluding carboxylic acids is 1. The Kier molecular flexibility index (Phi) is 4.98. The van der Waals surface area contributed by atoms with Crippen molar-refractivity contribution in [1.82, 2.24) is 9.55 Å². The van der Waals surface area contributed by atoms with Gasteiger partial charge in [-0.25, -0.2) is 9.36 Å². The van der Waals surface area contributed by atoms with Crippen LogP contribution in [0.5, 0.6) is 11.5 Å². The minimum atomic E-state index is -1.01. The van der Waals surface area contributed by atoms with Gasteiger partial charge in [-0.15, -0.1) is 0 Å². The Labute approximate surface area is 154 Å². The van der Waals surface area contributed by atoms with Crippen LogP contribution in [-0.2, 0) is 4.79 Å². The molecule has 1 aromatic heterocycles. The summed E-state index contributed by atoms with van der Waals surface area (Å²) in [6.07, 6.45) is 0. The summed E-state index contributed by atoms with van der Waals surface area (Å²) >= 11 is 0. The number of hydrogen-bond donors (Lipinski definition) is 2. The summed E-state index contributed by atoms with van der Waals surface area (Å²) in [6, 6.07) is 10.5. The molecule has 0 aliphatic heterocycles. The number of benzene rings is 2. The van der Waals surface area contributed by atoms with Crippen LogP contribution >= 0.6 is 0 Å². The highest BCUT2D eigenvalue weighted by Gasteiger charge is 2.21. The third kappa shape index (κ3) is 3.41. The van der Waals surface area contributed by atoms with E-state index < -0.39 is 23.2 Å². The van der Waals surface area contributed by atoms with E-state index in [4.69, 9.17) is 9.47 Å². The van der Waals surface area contributed by atoms with Gasteiger partial charge >= 0.3 is 5.69 Å². The van der Waals surface area contributed by atoms with Crippen LogP contribution in [0.15, 0.2) is 52.1 Å². The Morgan fingerprint density at radius 3 is 2.48 bits per heavy atom. The first-order valence-corrected chi connectivity index (χ1v) is 8.22. The van der Waals surface area contributed by atoms with Crippen LogP contribution in [0, 0.1) is 0 Å². The first-order chi connectivity index (χ1) is 13.0. The van der Waals surface area contributed by atoms with Crippen molar-refractivity contribution in [3.05, 3.63) is 63.3 Å². The standard InChI is InChI=1S/C19H19N3O5/c1-11(17(23)20-12-8-9-15(26-2)16(10-12)27-3)22-18(24)13-6-4-5-7-14(13)21-19(22)25/h4-11H,1-3H3,(H,20,23)(H,21,25). The maximum atomic E-state index is 12.7. The summed E-state index contributed by atoms with van der Waals surface area (Å²) in [5.74, 6) is 0.458. The van der Waals surface area contributed by atoms with Crippen molar-refractivity contribution in [2.45, 2.75) is 13.0 Å². The Hall–Kier alpha value is -3.55. The number of ether oxygens (including phenoxy) is 2. The van der Waals surface area contributed by atoms with E-state index in [1.165, 1.54) is 21.1 Å². The zero-order chi connectivity index (χ0) is 19.6. The lowest BCUT2D eigenvalue weighted by Crippen LogP contribution is -2.41. The number of rotatable bonds is 5. The predicted octanol–water partition coefficient (Wildman–Crippen LogP) is 1.91. The van der Waals surface area contributed by atoms with E-state index in [0.29, 0.717) is 28.1 Å². The SMILES string of the molecule is COc1ccc(NC(=O)C(C)n2c(=O)[nH]c3ccccc3c2=O)cc1OC. The van der Waals surface area contributed by atoms with E-state index >= 15 is 0 Å². The highest BCUT2D eigenvalue weighted by Crippen LogP contribution is 2.29. The molecule has 1 heterocycles. The zero-order valence-electron chi connectivity index (χ0n) is 15.1. The molecule has 1 unspecified atom stereocenters. The van der Waals surface area contributed by atoms with Gasteiger partial charge in [0, 0.05) is 11.8 Å². The summed E-state index contributed by atoms with van der Waals surface area (Å²) in [5, 5.41) is 3.02. The first-order valence-electron chi connectivity index (χ1n) is 8.22. The van der Waals surface area contributed by atoms with Crippen molar-refractivity contribution >= 4 is 22.5 Å². The number of aromatic nitrogens is 2. The quantitative estimate of drug-likeness (QED) is 0.715.